The van der Waals surface area contributed by atoms with Gasteiger partial charge in [0.15, 0.2) is 0 Å². The largest absolute Gasteiger partial charge is 0.493 e. The molecular weight excluding hydrogens is 347 g/mol. The van der Waals surface area contributed by atoms with Crippen molar-refractivity contribution >= 4 is 34.8 Å². The van der Waals surface area contributed by atoms with Crippen LogP contribution < -0.4 is 15.4 Å². The number of halogens is 2. The van der Waals surface area contributed by atoms with Gasteiger partial charge in [0.1, 0.15) is 11.6 Å². The SMILES string of the molecule is CCC(=O)Nc1ccc(Cl)c(NC(=O)CCOc2ccc(F)cc2)c1. The molecule has 5 nitrogen and oxygen atoms in total. The first kappa shape index (κ1) is 18.7. The average molecular weight is 365 g/mol. The van der Waals surface area contributed by atoms with Crippen molar-refractivity contribution in [2.75, 3.05) is 17.2 Å². The van der Waals surface area contributed by atoms with Crippen molar-refractivity contribution in [3.8, 4) is 5.75 Å². The van der Waals surface area contributed by atoms with Gasteiger partial charge in [0, 0.05) is 12.1 Å². The lowest BCUT2D eigenvalue weighted by Crippen LogP contribution is -2.16. The van der Waals surface area contributed by atoms with Crippen molar-refractivity contribution < 1.29 is 18.7 Å². The van der Waals surface area contributed by atoms with E-state index in [0.29, 0.717) is 28.6 Å². The summed E-state index contributed by atoms with van der Waals surface area (Å²) in [7, 11) is 0. The van der Waals surface area contributed by atoms with Crippen LogP contribution in [-0.2, 0) is 9.59 Å². The molecule has 0 aliphatic heterocycles. The third-order valence-electron chi connectivity index (χ3n) is 3.26. The van der Waals surface area contributed by atoms with Gasteiger partial charge in [0.2, 0.25) is 11.8 Å². The first-order valence-electron chi connectivity index (χ1n) is 7.75. The van der Waals surface area contributed by atoms with Gasteiger partial charge in [-0.2, -0.15) is 0 Å². The van der Waals surface area contributed by atoms with Gasteiger partial charge in [-0.15, -0.1) is 0 Å². The van der Waals surface area contributed by atoms with E-state index in [9.17, 15) is 14.0 Å². The zero-order valence-corrected chi connectivity index (χ0v) is 14.4. The standard InChI is InChI=1S/C18H18ClFN2O3/c1-2-17(23)21-13-5-8-15(19)16(11-13)22-18(24)9-10-25-14-6-3-12(20)4-7-14/h3-8,11H,2,9-10H2,1H3,(H,21,23)(H,22,24). The fraction of sp³-hybridized carbons (Fsp3) is 0.222. The predicted octanol–water partition coefficient (Wildman–Crippen LogP) is 4.24. The summed E-state index contributed by atoms with van der Waals surface area (Å²) in [5, 5.41) is 5.74. The number of carbonyl (C=O) groups excluding carboxylic acids is 2. The van der Waals surface area contributed by atoms with E-state index in [4.69, 9.17) is 16.3 Å². The van der Waals surface area contributed by atoms with Crippen molar-refractivity contribution in [1.82, 2.24) is 0 Å². The summed E-state index contributed by atoms with van der Waals surface area (Å²) >= 11 is 6.06. The minimum atomic E-state index is -0.352. The normalized spacial score (nSPS) is 10.2. The average Bonchev–Trinajstić information content (AvgIpc) is 2.59. The quantitative estimate of drug-likeness (QED) is 0.772. The Morgan fingerprint density at radius 3 is 2.48 bits per heavy atom. The zero-order chi connectivity index (χ0) is 18.2. The van der Waals surface area contributed by atoms with Crippen molar-refractivity contribution in [2.45, 2.75) is 19.8 Å². The molecule has 2 rings (SSSR count). The molecule has 0 unspecified atom stereocenters. The highest BCUT2D eigenvalue weighted by atomic mass is 35.5. The van der Waals surface area contributed by atoms with Crippen LogP contribution in [0.3, 0.4) is 0 Å². The van der Waals surface area contributed by atoms with Crippen LogP contribution in [0.25, 0.3) is 0 Å². The lowest BCUT2D eigenvalue weighted by atomic mass is 10.2. The van der Waals surface area contributed by atoms with Gasteiger partial charge in [-0.25, -0.2) is 4.39 Å². The van der Waals surface area contributed by atoms with Gasteiger partial charge in [-0.3, -0.25) is 9.59 Å². The Balaban J connectivity index is 1.87. The van der Waals surface area contributed by atoms with Crippen LogP contribution in [-0.4, -0.2) is 18.4 Å². The van der Waals surface area contributed by atoms with E-state index < -0.39 is 0 Å². The van der Waals surface area contributed by atoms with Crippen LogP contribution in [0, 0.1) is 5.82 Å². The van der Waals surface area contributed by atoms with Crippen LogP contribution in [0.5, 0.6) is 5.75 Å². The number of benzene rings is 2. The Morgan fingerprint density at radius 1 is 1.08 bits per heavy atom. The van der Waals surface area contributed by atoms with E-state index in [-0.39, 0.29) is 30.7 Å². The molecule has 2 aromatic rings. The minimum absolute atomic E-state index is 0.0965. The number of ether oxygens (including phenoxy) is 1. The molecule has 2 N–H and O–H groups in total. The summed E-state index contributed by atoms with van der Waals surface area (Å²) in [6, 6.07) is 10.4. The molecule has 7 heteroatoms. The Morgan fingerprint density at radius 2 is 1.80 bits per heavy atom. The summed E-state index contributed by atoms with van der Waals surface area (Å²) in [5.74, 6) is -0.290. The van der Waals surface area contributed by atoms with Gasteiger partial charge in [-0.05, 0) is 42.5 Å². The number of nitrogens with one attached hydrogen (secondary N) is 2. The second kappa shape index (κ2) is 9.03. The molecule has 0 radical (unpaired) electrons. The lowest BCUT2D eigenvalue weighted by molar-refractivity contribution is -0.117. The van der Waals surface area contributed by atoms with E-state index in [0.717, 1.165) is 0 Å². The third kappa shape index (κ3) is 6.08. The number of amides is 2. The van der Waals surface area contributed by atoms with Crippen LogP contribution in [0.1, 0.15) is 19.8 Å². The Bertz CT molecular complexity index is 750. The maximum Gasteiger partial charge on any atom is 0.227 e. The van der Waals surface area contributed by atoms with Gasteiger partial charge >= 0.3 is 0 Å². The number of anilines is 2. The molecular formula is C18H18ClFN2O3. The molecule has 2 amide bonds. The summed E-state index contributed by atoms with van der Waals surface area (Å²) in [6.45, 7) is 1.89. The lowest BCUT2D eigenvalue weighted by Gasteiger charge is -2.11. The zero-order valence-electron chi connectivity index (χ0n) is 13.6. The summed E-state index contributed by atoms with van der Waals surface area (Å²) in [5.41, 5.74) is 0.955. The molecule has 0 atom stereocenters. The highest BCUT2D eigenvalue weighted by Crippen LogP contribution is 2.26. The van der Waals surface area contributed by atoms with Crippen molar-refractivity contribution in [3.05, 3.63) is 53.3 Å². The summed E-state index contributed by atoms with van der Waals surface area (Å²) < 4.78 is 18.2. The number of carbonyl (C=O) groups is 2. The van der Waals surface area contributed by atoms with E-state index >= 15 is 0 Å². The molecule has 0 fully saturated rings. The molecule has 0 saturated carbocycles. The van der Waals surface area contributed by atoms with E-state index in [1.54, 1.807) is 25.1 Å². The van der Waals surface area contributed by atoms with E-state index in [2.05, 4.69) is 10.6 Å². The van der Waals surface area contributed by atoms with Crippen molar-refractivity contribution in [3.63, 3.8) is 0 Å². The Kier molecular flexibility index (Phi) is 6.77. The van der Waals surface area contributed by atoms with Crippen LogP contribution in [0.2, 0.25) is 5.02 Å². The van der Waals surface area contributed by atoms with Crippen LogP contribution >= 0.6 is 11.6 Å². The van der Waals surface area contributed by atoms with Crippen LogP contribution in [0.4, 0.5) is 15.8 Å². The van der Waals surface area contributed by atoms with Crippen LogP contribution in [0.15, 0.2) is 42.5 Å². The molecule has 25 heavy (non-hydrogen) atoms. The Labute approximate surface area is 150 Å². The minimum Gasteiger partial charge on any atom is -0.493 e. The Hall–Kier alpha value is -2.60. The smallest absolute Gasteiger partial charge is 0.227 e. The summed E-state index contributed by atoms with van der Waals surface area (Å²) in [6.07, 6.45) is 0.449. The molecule has 0 heterocycles. The maximum absolute atomic E-state index is 12.8. The topological polar surface area (TPSA) is 67.4 Å². The highest BCUT2D eigenvalue weighted by Gasteiger charge is 2.09. The van der Waals surface area contributed by atoms with Crippen molar-refractivity contribution in [1.29, 1.82) is 0 Å². The second-order valence-electron chi connectivity index (χ2n) is 5.20. The first-order chi connectivity index (χ1) is 12.0. The second-order valence-corrected chi connectivity index (χ2v) is 5.60. The van der Waals surface area contributed by atoms with Gasteiger partial charge in [0.25, 0.3) is 0 Å². The maximum atomic E-state index is 12.8. The molecule has 0 bridgehead atoms. The number of hydrogen-bond acceptors (Lipinski definition) is 3. The molecule has 132 valence electrons. The number of hydrogen-bond donors (Lipinski definition) is 2. The predicted molar refractivity (Wildman–Crippen MR) is 95.5 cm³/mol. The monoisotopic (exact) mass is 364 g/mol. The van der Waals surface area contributed by atoms with Gasteiger partial charge in [-0.1, -0.05) is 18.5 Å². The van der Waals surface area contributed by atoms with E-state index in [1.165, 1.54) is 24.3 Å². The fourth-order valence-electron chi connectivity index (χ4n) is 1.95. The van der Waals surface area contributed by atoms with Crippen molar-refractivity contribution in [2.24, 2.45) is 0 Å². The summed E-state index contributed by atoms with van der Waals surface area (Å²) in [4.78, 5) is 23.4. The molecule has 0 spiro atoms. The van der Waals surface area contributed by atoms with Gasteiger partial charge < -0.3 is 15.4 Å². The molecule has 0 aromatic heterocycles. The molecule has 2 aromatic carbocycles. The molecule has 0 aliphatic carbocycles. The molecule has 0 saturated heterocycles. The third-order valence-corrected chi connectivity index (χ3v) is 3.59. The molecule has 0 aliphatic rings. The first-order valence-corrected chi connectivity index (χ1v) is 8.13. The van der Waals surface area contributed by atoms with Gasteiger partial charge in [0.05, 0.1) is 23.7 Å². The van der Waals surface area contributed by atoms with E-state index in [1.807, 2.05) is 0 Å². The number of rotatable bonds is 7. The highest BCUT2D eigenvalue weighted by molar-refractivity contribution is 6.33. The fourth-order valence-corrected chi connectivity index (χ4v) is 2.12.